The van der Waals surface area contributed by atoms with E-state index < -0.39 is 6.04 Å². The van der Waals surface area contributed by atoms with Crippen molar-refractivity contribution in [1.82, 2.24) is 15.5 Å². The van der Waals surface area contributed by atoms with E-state index in [4.69, 9.17) is 9.15 Å². The largest absolute Gasteiger partial charge is 0.467 e. The van der Waals surface area contributed by atoms with Crippen molar-refractivity contribution in [2.45, 2.75) is 25.6 Å². The van der Waals surface area contributed by atoms with Crippen LogP contribution in [-0.2, 0) is 22.7 Å². The fourth-order valence-electron chi connectivity index (χ4n) is 3.59. The first-order valence-corrected chi connectivity index (χ1v) is 10.3. The van der Waals surface area contributed by atoms with Gasteiger partial charge in [-0.15, -0.1) is 0 Å². The van der Waals surface area contributed by atoms with Crippen molar-refractivity contribution in [2.75, 3.05) is 13.1 Å². The second-order valence-corrected chi connectivity index (χ2v) is 7.40. The first-order valence-electron chi connectivity index (χ1n) is 10.3. The summed E-state index contributed by atoms with van der Waals surface area (Å²) in [4.78, 5) is 27.0. The average Bonchev–Trinajstić information content (AvgIpc) is 3.30. The topological polar surface area (TPSA) is 83.8 Å². The summed E-state index contributed by atoms with van der Waals surface area (Å²) in [6.07, 6.45) is 1.65. The van der Waals surface area contributed by atoms with Gasteiger partial charge in [0.2, 0.25) is 11.8 Å². The summed E-state index contributed by atoms with van der Waals surface area (Å²) in [5, 5.41) is 5.68. The number of ether oxygens (including phenoxy) is 1. The Labute approximate surface area is 181 Å². The Morgan fingerprint density at radius 2 is 1.94 bits per heavy atom. The van der Waals surface area contributed by atoms with E-state index in [0.29, 0.717) is 31.9 Å². The number of nitrogens with zero attached hydrogens (tertiary/aromatic N) is 1. The van der Waals surface area contributed by atoms with E-state index in [2.05, 4.69) is 10.6 Å². The number of benzene rings is 2. The molecule has 7 heteroatoms. The molecule has 1 saturated heterocycles. The number of rotatable bonds is 8. The summed E-state index contributed by atoms with van der Waals surface area (Å²) in [7, 11) is 0. The molecule has 0 spiro atoms. The minimum Gasteiger partial charge on any atom is -0.467 e. The highest BCUT2D eigenvalue weighted by Crippen LogP contribution is 2.23. The predicted molar refractivity (Wildman–Crippen MR) is 115 cm³/mol. The molecule has 160 valence electrons. The SMILES string of the molecule is O=C(C[C@@H]1C(=O)NCCN1Cc1cccc(Oc2ccccc2)c1)NCc1ccco1. The van der Waals surface area contributed by atoms with E-state index in [-0.39, 0.29) is 18.2 Å². The lowest BCUT2D eigenvalue weighted by Crippen LogP contribution is -2.56. The number of amides is 2. The van der Waals surface area contributed by atoms with E-state index in [9.17, 15) is 9.59 Å². The van der Waals surface area contributed by atoms with Gasteiger partial charge in [0.15, 0.2) is 0 Å². The molecular formula is C24H25N3O4. The summed E-state index contributed by atoms with van der Waals surface area (Å²) < 4.78 is 11.1. The van der Waals surface area contributed by atoms with Gasteiger partial charge in [-0.05, 0) is 42.0 Å². The highest BCUT2D eigenvalue weighted by molar-refractivity contribution is 5.88. The highest BCUT2D eigenvalue weighted by Gasteiger charge is 2.31. The van der Waals surface area contributed by atoms with Gasteiger partial charge < -0.3 is 19.8 Å². The van der Waals surface area contributed by atoms with E-state index >= 15 is 0 Å². The zero-order valence-electron chi connectivity index (χ0n) is 17.1. The molecule has 2 aromatic carbocycles. The van der Waals surface area contributed by atoms with Gasteiger partial charge in [0.05, 0.1) is 25.3 Å². The second kappa shape index (κ2) is 9.95. The van der Waals surface area contributed by atoms with Crippen LogP contribution in [0.5, 0.6) is 11.5 Å². The number of hydrogen-bond donors (Lipinski definition) is 2. The fourth-order valence-corrected chi connectivity index (χ4v) is 3.59. The van der Waals surface area contributed by atoms with Crippen molar-refractivity contribution in [2.24, 2.45) is 0 Å². The van der Waals surface area contributed by atoms with Crippen molar-refractivity contribution >= 4 is 11.8 Å². The monoisotopic (exact) mass is 419 g/mol. The summed E-state index contributed by atoms with van der Waals surface area (Å²) >= 11 is 0. The Kier molecular flexibility index (Phi) is 6.64. The Morgan fingerprint density at radius 1 is 1.10 bits per heavy atom. The number of para-hydroxylation sites is 1. The molecule has 2 heterocycles. The van der Waals surface area contributed by atoms with E-state index in [1.807, 2.05) is 59.5 Å². The van der Waals surface area contributed by atoms with Gasteiger partial charge in [-0.2, -0.15) is 0 Å². The van der Waals surface area contributed by atoms with Crippen molar-refractivity contribution in [3.05, 3.63) is 84.3 Å². The number of furan rings is 1. The molecule has 2 N–H and O–H groups in total. The maximum absolute atomic E-state index is 12.5. The molecule has 31 heavy (non-hydrogen) atoms. The van der Waals surface area contributed by atoms with Gasteiger partial charge in [0.25, 0.3) is 0 Å². The van der Waals surface area contributed by atoms with Crippen LogP contribution in [0.4, 0.5) is 0 Å². The van der Waals surface area contributed by atoms with Crippen molar-refractivity contribution in [3.8, 4) is 11.5 Å². The van der Waals surface area contributed by atoms with Crippen LogP contribution < -0.4 is 15.4 Å². The molecule has 1 atom stereocenters. The van der Waals surface area contributed by atoms with Gasteiger partial charge >= 0.3 is 0 Å². The van der Waals surface area contributed by atoms with E-state index in [1.54, 1.807) is 18.4 Å². The second-order valence-electron chi connectivity index (χ2n) is 7.40. The summed E-state index contributed by atoms with van der Waals surface area (Å²) in [6, 6.07) is 20.4. The Balaban J connectivity index is 1.39. The Morgan fingerprint density at radius 3 is 2.74 bits per heavy atom. The smallest absolute Gasteiger partial charge is 0.237 e. The molecule has 1 fully saturated rings. The number of piperazine rings is 1. The molecule has 1 aliphatic rings. The number of hydrogen-bond acceptors (Lipinski definition) is 5. The van der Waals surface area contributed by atoms with Gasteiger partial charge in [-0.25, -0.2) is 0 Å². The quantitative estimate of drug-likeness (QED) is 0.586. The predicted octanol–water partition coefficient (Wildman–Crippen LogP) is 3.08. The number of nitrogens with one attached hydrogen (secondary N) is 2. The third-order valence-corrected chi connectivity index (χ3v) is 5.12. The third kappa shape index (κ3) is 5.73. The molecule has 2 amide bonds. The third-order valence-electron chi connectivity index (χ3n) is 5.12. The molecule has 1 aliphatic heterocycles. The lowest BCUT2D eigenvalue weighted by molar-refractivity contribution is -0.134. The van der Waals surface area contributed by atoms with Crippen LogP contribution in [0.3, 0.4) is 0 Å². The van der Waals surface area contributed by atoms with Gasteiger partial charge in [-0.3, -0.25) is 14.5 Å². The van der Waals surface area contributed by atoms with E-state index in [1.165, 1.54) is 0 Å². The summed E-state index contributed by atoms with van der Waals surface area (Å²) in [5.41, 5.74) is 1.02. The van der Waals surface area contributed by atoms with Gasteiger partial charge in [0, 0.05) is 19.6 Å². The van der Waals surface area contributed by atoms with Crippen LogP contribution in [-0.4, -0.2) is 35.8 Å². The lowest BCUT2D eigenvalue weighted by atomic mass is 10.1. The summed E-state index contributed by atoms with van der Waals surface area (Å²) in [6.45, 7) is 2.09. The molecule has 0 radical (unpaired) electrons. The average molecular weight is 419 g/mol. The van der Waals surface area contributed by atoms with Crippen molar-refractivity contribution in [1.29, 1.82) is 0 Å². The lowest BCUT2D eigenvalue weighted by Gasteiger charge is -2.34. The molecule has 4 rings (SSSR count). The van der Waals surface area contributed by atoms with Crippen LogP contribution in [0.1, 0.15) is 17.7 Å². The number of carbonyl (C=O) groups is 2. The molecule has 7 nitrogen and oxygen atoms in total. The highest BCUT2D eigenvalue weighted by atomic mass is 16.5. The van der Waals surface area contributed by atoms with E-state index in [0.717, 1.165) is 17.1 Å². The van der Waals surface area contributed by atoms with Crippen LogP contribution in [0, 0.1) is 0 Å². The molecule has 1 aromatic heterocycles. The Bertz CT molecular complexity index is 1000. The zero-order chi connectivity index (χ0) is 21.5. The molecule has 0 unspecified atom stereocenters. The zero-order valence-corrected chi connectivity index (χ0v) is 17.1. The van der Waals surface area contributed by atoms with Crippen LogP contribution >= 0.6 is 0 Å². The standard InChI is InChI=1S/C24H25N3O4/c28-23(26-16-21-10-5-13-30-21)15-22-24(29)25-11-12-27(22)17-18-6-4-9-20(14-18)31-19-7-2-1-3-8-19/h1-10,13-14,22H,11-12,15-17H2,(H,25,29)(H,26,28)/t22-/m1/s1. The molecule has 0 aliphatic carbocycles. The normalized spacial score (nSPS) is 16.5. The van der Waals surface area contributed by atoms with Crippen LogP contribution in [0.15, 0.2) is 77.4 Å². The van der Waals surface area contributed by atoms with Crippen molar-refractivity contribution in [3.63, 3.8) is 0 Å². The molecular weight excluding hydrogens is 394 g/mol. The molecule has 0 saturated carbocycles. The van der Waals surface area contributed by atoms with Gasteiger partial charge in [0.1, 0.15) is 17.3 Å². The first kappa shape index (κ1) is 20.7. The minimum absolute atomic E-state index is 0.0900. The van der Waals surface area contributed by atoms with Crippen LogP contribution in [0.25, 0.3) is 0 Å². The maximum atomic E-state index is 12.5. The maximum Gasteiger partial charge on any atom is 0.237 e. The van der Waals surface area contributed by atoms with Gasteiger partial charge in [-0.1, -0.05) is 30.3 Å². The first-order chi connectivity index (χ1) is 15.2. The minimum atomic E-state index is -0.524. The summed E-state index contributed by atoms with van der Waals surface area (Å²) in [5.74, 6) is 1.86. The molecule has 0 bridgehead atoms. The number of carbonyl (C=O) groups excluding carboxylic acids is 2. The fraction of sp³-hybridized carbons (Fsp3) is 0.250. The van der Waals surface area contributed by atoms with Crippen LogP contribution in [0.2, 0.25) is 0 Å². The Hall–Kier alpha value is -3.58. The van der Waals surface area contributed by atoms with Crippen molar-refractivity contribution < 1.29 is 18.7 Å². The molecule has 3 aromatic rings.